The van der Waals surface area contributed by atoms with Crippen LogP contribution in [0.1, 0.15) is 37.7 Å². The SMILES string of the molecule is CC(C(=O)OCCCN1CCCC1)c1cccc(N)c1. The Kier molecular flexibility index (Phi) is 5.41. The van der Waals surface area contributed by atoms with E-state index in [9.17, 15) is 4.79 Å². The van der Waals surface area contributed by atoms with Gasteiger partial charge in [0.25, 0.3) is 0 Å². The number of hydrogen-bond acceptors (Lipinski definition) is 4. The molecule has 1 heterocycles. The van der Waals surface area contributed by atoms with E-state index in [-0.39, 0.29) is 11.9 Å². The van der Waals surface area contributed by atoms with Gasteiger partial charge in [-0.25, -0.2) is 0 Å². The summed E-state index contributed by atoms with van der Waals surface area (Å²) in [5.41, 5.74) is 7.32. The van der Waals surface area contributed by atoms with Crippen LogP contribution in [0.3, 0.4) is 0 Å². The Morgan fingerprint density at radius 1 is 1.40 bits per heavy atom. The summed E-state index contributed by atoms with van der Waals surface area (Å²) in [6.07, 6.45) is 3.51. The fourth-order valence-corrected chi connectivity index (χ4v) is 2.56. The molecule has 1 unspecified atom stereocenters. The zero-order valence-corrected chi connectivity index (χ0v) is 12.2. The first-order valence-electron chi connectivity index (χ1n) is 7.41. The number of ether oxygens (including phenoxy) is 1. The highest BCUT2D eigenvalue weighted by Gasteiger charge is 2.17. The third kappa shape index (κ3) is 4.23. The molecule has 1 aromatic rings. The van der Waals surface area contributed by atoms with Gasteiger partial charge in [-0.2, -0.15) is 0 Å². The van der Waals surface area contributed by atoms with Crippen LogP contribution < -0.4 is 5.73 Å². The van der Waals surface area contributed by atoms with Crippen LogP contribution in [-0.4, -0.2) is 37.1 Å². The predicted molar refractivity (Wildman–Crippen MR) is 80.5 cm³/mol. The molecule has 1 aliphatic rings. The number of nitrogens with two attached hydrogens (primary N) is 1. The smallest absolute Gasteiger partial charge is 0.313 e. The van der Waals surface area contributed by atoms with Crippen LogP contribution >= 0.6 is 0 Å². The number of benzene rings is 1. The Bertz CT molecular complexity index is 442. The third-order valence-electron chi connectivity index (χ3n) is 3.83. The number of carbonyl (C=O) groups is 1. The Labute approximate surface area is 120 Å². The van der Waals surface area contributed by atoms with Gasteiger partial charge < -0.3 is 15.4 Å². The van der Waals surface area contributed by atoms with Gasteiger partial charge in [0.05, 0.1) is 12.5 Å². The van der Waals surface area contributed by atoms with E-state index in [1.807, 2.05) is 31.2 Å². The van der Waals surface area contributed by atoms with E-state index >= 15 is 0 Å². The average molecular weight is 276 g/mol. The van der Waals surface area contributed by atoms with Gasteiger partial charge in [0.1, 0.15) is 0 Å². The molecular formula is C16H24N2O2. The monoisotopic (exact) mass is 276 g/mol. The van der Waals surface area contributed by atoms with Crippen LogP contribution in [0.5, 0.6) is 0 Å². The highest BCUT2D eigenvalue weighted by molar-refractivity contribution is 5.78. The zero-order valence-electron chi connectivity index (χ0n) is 12.2. The summed E-state index contributed by atoms with van der Waals surface area (Å²) < 4.78 is 5.35. The van der Waals surface area contributed by atoms with Crippen molar-refractivity contribution in [1.82, 2.24) is 4.90 Å². The Balaban J connectivity index is 1.71. The average Bonchev–Trinajstić information content (AvgIpc) is 2.95. The van der Waals surface area contributed by atoms with Gasteiger partial charge in [-0.1, -0.05) is 12.1 Å². The molecule has 20 heavy (non-hydrogen) atoms. The fourth-order valence-electron chi connectivity index (χ4n) is 2.56. The highest BCUT2D eigenvalue weighted by Crippen LogP contribution is 2.19. The molecule has 1 aliphatic heterocycles. The molecule has 1 saturated heterocycles. The van der Waals surface area contributed by atoms with Crippen molar-refractivity contribution >= 4 is 11.7 Å². The molecular weight excluding hydrogens is 252 g/mol. The lowest BCUT2D eigenvalue weighted by molar-refractivity contribution is -0.145. The van der Waals surface area contributed by atoms with Crippen LogP contribution in [-0.2, 0) is 9.53 Å². The minimum atomic E-state index is -0.259. The van der Waals surface area contributed by atoms with Crippen molar-refractivity contribution in [2.75, 3.05) is 32.0 Å². The van der Waals surface area contributed by atoms with Gasteiger partial charge in [-0.3, -0.25) is 4.79 Å². The number of rotatable bonds is 6. The second-order valence-electron chi connectivity index (χ2n) is 5.46. The number of likely N-dealkylation sites (tertiary alicyclic amines) is 1. The van der Waals surface area contributed by atoms with Gasteiger partial charge in [-0.05, 0) is 57.0 Å². The molecule has 2 N–H and O–H groups in total. The molecule has 2 rings (SSSR count). The molecule has 0 bridgehead atoms. The van der Waals surface area contributed by atoms with Crippen LogP contribution in [0.15, 0.2) is 24.3 Å². The minimum absolute atomic E-state index is 0.169. The molecule has 0 aromatic heterocycles. The van der Waals surface area contributed by atoms with Crippen LogP contribution in [0, 0.1) is 0 Å². The molecule has 110 valence electrons. The second-order valence-corrected chi connectivity index (χ2v) is 5.46. The van der Waals surface area contributed by atoms with Gasteiger partial charge in [0.15, 0.2) is 0 Å². The lowest BCUT2D eigenvalue weighted by atomic mass is 10.0. The maximum absolute atomic E-state index is 12.0. The largest absolute Gasteiger partial charge is 0.465 e. The fraction of sp³-hybridized carbons (Fsp3) is 0.562. The molecule has 4 heteroatoms. The Morgan fingerprint density at radius 3 is 2.85 bits per heavy atom. The number of anilines is 1. The van der Waals surface area contributed by atoms with Crippen molar-refractivity contribution in [2.24, 2.45) is 0 Å². The highest BCUT2D eigenvalue weighted by atomic mass is 16.5. The summed E-state index contributed by atoms with van der Waals surface area (Å²) in [7, 11) is 0. The quantitative estimate of drug-likeness (QED) is 0.492. The lowest BCUT2D eigenvalue weighted by Crippen LogP contribution is -2.22. The number of nitrogen functional groups attached to an aromatic ring is 1. The molecule has 0 spiro atoms. The normalized spacial score (nSPS) is 17.1. The van der Waals surface area contributed by atoms with Crippen molar-refractivity contribution in [2.45, 2.75) is 32.1 Å². The van der Waals surface area contributed by atoms with Crippen molar-refractivity contribution < 1.29 is 9.53 Å². The topological polar surface area (TPSA) is 55.6 Å². The molecule has 0 aliphatic carbocycles. The van der Waals surface area contributed by atoms with Crippen molar-refractivity contribution in [3.8, 4) is 0 Å². The number of hydrogen-bond donors (Lipinski definition) is 1. The van der Waals surface area contributed by atoms with Crippen molar-refractivity contribution in [1.29, 1.82) is 0 Å². The molecule has 1 aromatic carbocycles. The number of carbonyl (C=O) groups excluding carboxylic acids is 1. The maximum Gasteiger partial charge on any atom is 0.313 e. The van der Waals surface area contributed by atoms with E-state index < -0.39 is 0 Å². The number of esters is 1. The summed E-state index contributed by atoms with van der Waals surface area (Å²) >= 11 is 0. The van der Waals surface area contributed by atoms with E-state index in [4.69, 9.17) is 10.5 Å². The molecule has 1 atom stereocenters. The molecule has 1 fully saturated rings. The van der Waals surface area contributed by atoms with Crippen LogP contribution in [0.25, 0.3) is 0 Å². The molecule has 0 saturated carbocycles. The Hall–Kier alpha value is -1.55. The standard InChI is InChI=1S/C16H24N2O2/c1-13(14-6-4-7-15(17)12-14)16(19)20-11-5-10-18-8-2-3-9-18/h4,6-7,12-13H,2-3,5,8-11,17H2,1H3. The third-order valence-corrected chi connectivity index (χ3v) is 3.83. The summed E-state index contributed by atoms with van der Waals surface area (Å²) in [4.78, 5) is 14.4. The van der Waals surface area contributed by atoms with Crippen molar-refractivity contribution in [3.05, 3.63) is 29.8 Å². The second kappa shape index (κ2) is 7.29. The maximum atomic E-state index is 12.0. The summed E-state index contributed by atoms with van der Waals surface area (Å²) in [5.74, 6) is -0.428. The van der Waals surface area contributed by atoms with Crippen LogP contribution in [0.4, 0.5) is 5.69 Å². The summed E-state index contributed by atoms with van der Waals surface area (Å²) in [6.45, 7) is 5.76. The first-order chi connectivity index (χ1) is 9.66. The molecule has 4 nitrogen and oxygen atoms in total. The van der Waals surface area contributed by atoms with Gasteiger partial charge >= 0.3 is 5.97 Å². The first kappa shape index (κ1) is 14.9. The van der Waals surface area contributed by atoms with Crippen molar-refractivity contribution in [3.63, 3.8) is 0 Å². The van der Waals surface area contributed by atoms with E-state index in [2.05, 4.69) is 4.90 Å². The minimum Gasteiger partial charge on any atom is -0.465 e. The zero-order chi connectivity index (χ0) is 14.4. The summed E-state index contributed by atoms with van der Waals surface area (Å²) in [5, 5.41) is 0. The van der Waals surface area contributed by atoms with E-state index in [1.165, 1.54) is 25.9 Å². The van der Waals surface area contributed by atoms with Gasteiger partial charge in [0.2, 0.25) is 0 Å². The lowest BCUT2D eigenvalue weighted by Gasteiger charge is -2.15. The molecule has 0 radical (unpaired) electrons. The first-order valence-corrected chi connectivity index (χ1v) is 7.41. The predicted octanol–water partition coefficient (Wildman–Crippen LogP) is 2.40. The van der Waals surface area contributed by atoms with Gasteiger partial charge in [0, 0.05) is 12.2 Å². The van der Waals surface area contributed by atoms with Gasteiger partial charge in [-0.15, -0.1) is 0 Å². The number of nitrogens with zero attached hydrogens (tertiary/aromatic N) is 1. The molecule has 0 amide bonds. The van der Waals surface area contributed by atoms with E-state index in [0.29, 0.717) is 12.3 Å². The van der Waals surface area contributed by atoms with E-state index in [0.717, 1.165) is 18.5 Å². The Morgan fingerprint density at radius 2 is 2.15 bits per heavy atom. The van der Waals surface area contributed by atoms with Crippen LogP contribution in [0.2, 0.25) is 0 Å². The summed E-state index contributed by atoms with van der Waals surface area (Å²) in [6, 6.07) is 7.42. The van der Waals surface area contributed by atoms with E-state index in [1.54, 1.807) is 0 Å².